The molecule has 2 heterocycles. The van der Waals surface area contributed by atoms with E-state index in [9.17, 15) is 9.59 Å². The molecule has 130 valence electrons. The van der Waals surface area contributed by atoms with Crippen LogP contribution in [-0.2, 0) is 17.8 Å². The summed E-state index contributed by atoms with van der Waals surface area (Å²) in [7, 11) is 0. The second kappa shape index (κ2) is 7.14. The summed E-state index contributed by atoms with van der Waals surface area (Å²) in [4.78, 5) is 29.3. The van der Waals surface area contributed by atoms with Gasteiger partial charge in [-0.15, -0.1) is 0 Å². The topological polar surface area (TPSA) is 73.6 Å². The van der Waals surface area contributed by atoms with Crippen LogP contribution in [0.25, 0.3) is 4.96 Å². The van der Waals surface area contributed by atoms with Crippen molar-refractivity contribution < 1.29 is 9.53 Å². The number of esters is 1. The summed E-state index contributed by atoms with van der Waals surface area (Å²) in [5.41, 5.74) is 1.51. The molecule has 0 bridgehead atoms. The van der Waals surface area contributed by atoms with Gasteiger partial charge in [0, 0.05) is 12.5 Å². The lowest BCUT2D eigenvalue weighted by atomic mass is 10.1. The molecule has 1 aromatic carbocycles. The maximum Gasteiger partial charge on any atom is 0.338 e. The number of aromatic nitrogens is 3. The number of fused-ring (bicyclic) bond motifs is 1. The van der Waals surface area contributed by atoms with Crippen molar-refractivity contribution in [3.8, 4) is 0 Å². The first-order valence-corrected chi connectivity index (χ1v) is 8.87. The van der Waals surface area contributed by atoms with Crippen LogP contribution >= 0.6 is 11.3 Å². The molecule has 0 amide bonds. The van der Waals surface area contributed by atoms with E-state index in [0.29, 0.717) is 22.1 Å². The second-order valence-corrected chi connectivity index (χ2v) is 7.31. The first-order chi connectivity index (χ1) is 11.9. The zero-order chi connectivity index (χ0) is 18.0. The molecule has 0 spiro atoms. The smallest absolute Gasteiger partial charge is 0.338 e. The molecule has 6 nitrogen and oxygen atoms in total. The van der Waals surface area contributed by atoms with Gasteiger partial charge < -0.3 is 4.74 Å². The largest absolute Gasteiger partial charge is 0.456 e. The Kier molecular flexibility index (Phi) is 4.94. The molecule has 0 fully saturated rings. The highest BCUT2D eigenvalue weighted by atomic mass is 32.1. The number of ether oxygens (including phenoxy) is 1. The molecule has 0 saturated carbocycles. The molecule has 25 heavy (non-hydrogen) atoms. The molecule has 0 atom stereocenters. The van der Waals surface area contributed by atoms with Crippen molar-refractivity contribution >= 4 is 22.3 Å². The van der Waals surface area contributed by atoms with Gasteiger partial charge in [0.05, 0.1) is 11.3 Å². The Morgan fingerprint density at radius 2 is 2.08 bits per heavy atom. The van der Waals surface area contributed by atoms with Gasteiger partial charge in [-0.25, -0.2) is 9.78 Å². The predicted octanol–water partition coefficient (Wildman–Crippen LogP) is 3.01. The number of carbonyl (C=O) groups excluding carboxylic acids is 1. The average molecular weight is 357 g/mol. The van der Waals surface area contributed by atoms with Crippen LogP contribution in [0.2, 0.25) is 0 Å². The molecular formula is C18H19N3O3S. The molecule has 0 aliphatic carbocycles. The third-order valence-corrected chi connectivity index (χ3v) is 4.57. The van der Waals surface area contributed by atoms with Crippen molar-refractivity contribution in [2.75, 3.05) is 0 Å². The number of nitrogens with zero attached hydrogens (tertiary/aromatic N) is 3. The lowest BCUT2D eigenvalue weighted by molar-refractivity contribution is 0.0467. The number of hydrogen-bond acceptors (Lipinski definition) is 6. The van der Waals surface area contributed by atoms with Crippen LogP contribution in [0.3, 0.4) is 0 Å². The van der Waals surface area contributed by atoms with Gasteiger partial charge in [-0.1, -0.05) is 43.4 Å². The molecule has 0 N–H and O–H groups in total. The summed E-state index contributed by atoms with van der Waals surface area (Å²) in [6.07, 6.45) is 0.797. The van der Waals surface area contributed by atoms with E-state index in [1.165, 1.54) is 21.9 Å². The molecule has 3 rings (SSSR count). The highest BCUT2D eigenvalue weighted by molar-refractivity contribution is 7.16. The number of carbonyl (C=O) groups is 1. The zero-order valence-corrected chi connectivity index (χ0v) is 15.2. The van der Waals surface area contributed by atoms with Crippen LogP contribution in [0.5, 0.6) is 0 Å². The first kappa shape index (κ1) is 17.3. The molecule has 7 heteroatoms. The van der Waals surface area contributed by atoms with E-state index < -0.39 is 5.97 Å². The molecule has 0 aliphatic heterocycles. The van der Waals surface area contributed by atoms with Crippen LogP contribution in [0.1, 0.15) is 40.5 Å². The summed E-state index contributed by atoms with van der Waals surface area (Å²) < 4.78 is 6.61. The van der Waals surface area contributed by atoms with Gasteiger partial charge in [-0.05, 0) is 24.5 Å². The minimum absolute atomic E-state index is 0.0453. The van der Waals surface area contributed by atoms with E-state index in [4.69, 9.17) is 4.74 Å². The molecule has 3 aromatic rings. The monoisotopic (exact) mass is 357 g/mol. The first-order valence-electron chi connectivity index (χ1n) is 8.05. The SMILES string of the molecule is Cc1ccccc1C(=O)OCc1cc(=O)n2nc(CC(C)C)sc2n1. The van der Waals surface area contributed by atoms with Gasteiger partial charge in [-0.2, -0.15) is 9.61 Å². The van der Waals surface area contributed by atoms with Gasteiger partial charge in [0.2, 0.25) is 4.96 Å². The summed E-state index contributed by atoms with van der Waals surface area (Å²) in [6.45, 7) is 5.99. The molecule has 0 unspecified atom stereocenters. The lowest BCUT2D eigenvalue weighted by Crippen LogP contribution is -2.17. The Morgan fingerprint density at radius 1 is 1.32 bits per heavy atom. The highest BCUT2D eigenvalue weighted by Crippen LogP contribution is 2.16. The van der Waals surface area contributed by atoms with Crippen LogP contribution < -0.4 is 5.56 Å². The minimum Gasteiger partial charge on any atom is -0.456 e. The third kappa shape index (κ3) is 3.93. The van der Waals surface area contributed by atoms with Crippen LogP contribution in [0, 0.1) is 12.8 Å². The fourth-order valence-electron chi connectivity index (χ4n) is 2.42. The third-order valence-electron chi connectivity index (χ3n) is 3.64. The van der Waals surface area contributed by atoms with E-state index in [2.05, 4.69) is 23.9 Å². The second-order valence-electron chi connectivity index (χ2n) is 6.26. The minimum atomic E-state index is -0.426. The van der Waals surface area contributed by atoms with E-state index in [1.54, 1.807) is 12.1 Å². The fraction of sp³-hybridized carbons (Fsp3) is 0.333. The van der Waals surface area contributed by atoms with E-state index in [-0.39, 0.29) is 12.2 Å². The number of hydrogen-bond donors (Lipinski definition) is 0. The van der Waals surface area contributed by atoms with Crippen molar-refractivity contribution in [3.63, 3.8) is 0 Å². The summed E-state index contributed by atoms with van der Waals surface area (Å²) >= 11 is 1.39. The highest BCUT2D eigenvalue weighted by Gasteiger charge is 2.13. The van der Waals surface area contributed by atoms with Crippen LogP contribution in [-0.4, -0.2) is 20.6 Å². The zero-order valence-electron chi connectivity index (χ0n) is 14.4. The Labute approximate surface area is 149 Å². The molecule has 0 aliphatic rings. The maximum absolute atomic E-state index is 12.2. The van der Waals surface area contributed by atoms with Gasteiger partial charge in [0.15, 0.2) is 0 Å². The maximum atomic E-state index is 12.2. The Bertz CT molecular complexity index is 975. The standard InChI is InChI=1S/C18H19N3O3S/c1-11(2)8-15-20-21-16(22)9-13(19-18(21)25-15)10-24-17(23)14-7-5-4-6-12(14)3/h4-7,9,11H,8,10H2,1-3H3. The fourth-order valence-corrected chi connectivity index (χ4v) is 3.55. The number of rotatable bonds is 5. The summed E-state index contributed by atoms with van der Waals surface area (Å²) in [6, 6.07) is 8.57. The Morgan fingerprint density at radius 3 is 2.80 bits per heavy atom. The Balaban J connectivity index is 1.79. The normalized spacial score (nSPS) is 11.2. The molecule has 2 aromatic heterocycles. The lowest BCUT2D eigenvalue weighted by Gasteiger charge is -2.06. The van der Waals surface area contributed by atoms with Gasteiger partial charge in [0.1, 0.15) is 11.6 Å². The number of benzene rings is 1. The molecule has 0 radical (unpaired) electrons. The van der Waals surface area contributed by atoms with Gasteiger partial charge >= 0.3 is 5.97 Å². The van der Waals surface area contributed by atoms with Crippen molar-refractivity contribution in [2.45, 2.75) is 33.8 Å². The average Bonchev–Trinajstić information content (AvgIpc) is 2.95. The van der Waals surface area contributed by atoms with E-state index in [1.807, 2.05) is 19.1 Å². The van der Waals surface area contributed by atoms with Crippen molar-refractivity contribution in [2.24, 2.45) is 5.92 Å². The van der Waals surface area contributed by atoms with E-state index in [0.717, 1.165) is 17.0 Å². The molecular weight excluding hydrogens is 338 g/mol. The predicted molar refractivity (Wildman–Crippen MR) is 96.0 cm³/mol. The van der Waals surface area contributed by atoms with Crippen molar-refractivity contribution in [1.29, 1.82) is 0 Å². The quantitative estimate of drug-likeness (QED) is 0.656. The van der Waals surface area contributed by atoms with Crippen molar-refractivity contribution in [3.05, 3.63) is 62.5 Å². The summed E-state index contributed by atoms with van der Waals surface area (Å²) in [5.74, 6) is 0.0238. The Hall–Kier alpha value is -2.54. The number of aryl methyl sites for hydroxylation is 1. The van der Waals surface area contributed by atoms with E-state index >= 15 is 0 Å². The molecule has 0 saturated heterocycles. The van der Waals surface area contributed by atoms with Crippen LogP contribution in [0.4, 0.5) is 0 Å². The van der Waals surface area contributed by atoms with Crippen LogP contribution in [0.15, 0.2) is 35.1 Å². The summed E-state index contributed by atoms with van der Waals surface area (Å²) in [5, 5.41) is 5.17. The van der Waals surface area contributed by atoms with Gasteiger partial charge in [-0.3, -0.25) is 4.79 Å². The van der Waals surface area contributed by atoms with Gasteiger partial charge in [0.25, 0.3) is 5.56 Å². The van der Waals surface area contributed by atoms with Crippen molar-refractivity contribution in [1.82, 2.24) is 14.6 Å².